The van der Waals surface area contributed by atoms with Crippen LogP contribution in [0.25, 0.3) is 0 Å². The quantitative estimate of drug-likeness (QED) is 0.484. The molecule has 0 N–H and O–H groups in total. The zero-order valence-electron chi connectivity index (χ0n) is 10.2. The van der Waals surface area contributed by atoms with E-state index in [1.807, 2.05) is 6.92 Å². The minimum Gasteiger partial charge on any atom is -0.462 e. The standard InChI is InChI=1S/C11H24NO2/c1-6-14-11(13)9-12(4,5)8-7-10(2)3/h10H,6-9H2,1-5H3/q+1. The summed E-state index contributed by atoms with van der Waals surface area (Å²) in [7, 11) is 4.14. The Balaban J connectivity index is 3.87. The maximum atomic E-state index is 11.3. The van der Waals surface area contributed by atoms with Gasteiger partial charge in [0, 0.05) is 0 Å². The molecule has 0 heterocycles. The Labute approximate surface area is 87.6 Å². The highest BCUT2D eigenvalue weighted by atomic mass is 16.5. The summed E-state index contributed by atoms with van der Waals surface area (Å²) in [4.78, 5) is 11.3. The Morgan fingerprint density at radius 3 is 2.36 bits per heavy atom. The highest BCUT2D eigenvalue weighted by molar-refractivity contribution is 5.70. The third-order valence-electron chi connectivity index (χ3n) is 2.17. The Morgan fingerprint density at radius 1 is 1.36 bits per heavy atom. The fourth-order valence-electron chi connectivity index (χ4n) is 1.24. The highest BCUT2D eigenvalue weighted by Gasteiger charge is 2.20. The molecule has 0 aromatic heterocycles. The molecule has 0 unspecified atom stereocenters. The smallest absolute Gasteiger partial charge is 0.361 e. The van der Waals surface area contributed by atoms with E-state index in [-0.39, 0.29) is 5.97 Å². The minimum absolute atomic E-state index is 0.0961. The van der Waals surface area contributed by atoms with E-state index in [2.05, 4.69) is 27.9 Å². The Bertz CT molecular complexity index is 176. The lowest BCUT2D eigenvalue weighted by Gasteiger charge is -2.29. The van der Waals surface area contributed by atoms with Crippen molar-refractivity contribution in [1.29, 1.82) is 0 Å². The fraction of sp³-hybridized carbons (Fsp3) is 0.909. The van der Waals surface area contributed by atoms with E-state index in [0.29, 0.717) is 19.1 Å². The lowest BCUT2D eigenvalue weighted by Crippen LogP contribution is -2.45. The molecule has 0 saturated carbocycles. The lowest BCUT2D eigenvalue weighted by molar-refractivity contribution is -0.883. The number of ether oxygens (including phenoxy) is 1. The molecule has 0 aliphatic carbocycles. The number of esters is 1. The second kappa shape index (κ2) is 6.02. The van der Waals surface area contributed by atoms with Gasteiger partial charge in [0.25, 0.3) is 0 Å². The van der Waals surface area contributed by atoms with Crippen LogP contribution in [0.2, 0.25) is 0 Å². The van der Waals surface area contributed by atoms with Gasteiger partial charge < -0.3 is 9.22 Å². The number of rotatable bonds is 6. The van der Waals surface area contributed by atoms with Crippen LogP contribution in [0.5, 0.6) is 0 Å². The summed E-state index contributed by atoms with van der Waals surface area (Å²) in [6.45, 7) is 8.21. The van der Waals surface area contributed by atoms with E-state index in [0.717, 1.165) is 17.4 Å². The molecule has 0 aliphatic rings. The second-order valence-corrected chi connectivity index (χ2v) is 4.80. The molecule has 0 fully saturated rings. The van der Waals surface area contributed by atoms with E-state index in [1.54, 1.807) is 0 Å². The van der Waals surface area contributed by atoms with Gasteiger partial charge in [0.05, 0.1) is 27.2 Å². The van der Waals surface area contributed by atoms with Crippen molar-refractivity contribution in [3.63, 3.8) is 0 Å². The Kier molecular flexibility index (Phi) is 5.77. The van der Waals surface area contributed by atoms with Gasteiger partial charge in [-0.15, -0.1) is 0 Å². The van der Waals surface area contributed by atoms with Crippen molar-refractivity contribution in [2.24, 2.45) is 5.92 Å². The minimum atomic E-state index is -0.0961. The van der Waals surface area contributed by atoms with E-state index < -0.39 is 0 Å². The molecule has 0 saturated heterocycles. The maximum absolute atomic E-state index is 11.3. The second-order valence-electron chi connectivity index (χ2n) is 4.80. The third kappa shape index (κ3) is 6.89. The summed E-state index contributed by atoms with van der Waals surface area (Å²) in [5.41, 5.74) is 0. The first kappa shape index (κ1) is 13.4. The van der Waals surface area contributed by atoms with Crippen molar-refractivity contribution in [2.45, 2.75) is 27.2 Å². The summed E-state index contributed by atoms with van der Waals surface area (Å²) in [5, 5.41) is 0. The summed E-state index contributed by atoms with van der Waals surface area (Å²) >= 11 is 0. The molecule has 84 valence electrons. The molecule has 0 rings (SSSR count). The molecule has 0 bridgehead atoms. The van der Waals surface area contributed by atoms with Gasteiger partial charge in [-0.05, 0) is 19.3 Å². The first-order valence-corrected chi connectivity index (χ1v) is 5.35. The predicted molar refractivity (Wildman–Crippen MR) is 57.9 cm³/mol. The zero-order chi connectivity index (χ0) is 11.2. The van der Waals surface area contributed by atoms with Gasteiger partial charge in [0.15, 0.2) is 6.54 Å². The molecule has 0 atom stereocenters. The number of hydrogen-bond donors (Lipinski definition) is 0. The normalized spacial score (nSPS) is 11.9. The number of carbonyl (C=O) groups is 1. The number of nitrogens with zero attached hydrogens (tertiary/aromatic N) is 1. The van der Waals surface area contributed by atoms with Crippen LogP contribution in [0.4, 0.5) is 0 Å². The van der Waals surface area contributed by atoms with Crippen LogP contribution >= 0.6 is 0 Å². The monoisotopic (exact) mass is 202 g/mol. The van der Waals surface area contributed by atoms with E-state index in [9.17, 15) is 4.79 Å². The van der Waals surface area contributed by atoms with E-state index >= 15 is 0 Å². The molecule has 3 heteroatoms. The molecule has 0 aromatic rings. The molecule has 0 aromatic carbocycles. The number of carbonyl (C=O) groups excluding carboxylic acids is 1. The third-order valence-corrected chi connectivity index (χ3v) is 2.17. The molecule has 14 heavy (non-hydrogen) atoms. The Hall–Kier alpha value is -0.570. The molecular formula is C11H24NO2+. The van der Waals surface area contributed by atoms with Gasteiger partial charge in [-0.1, -0.05) is 13.8 Å². The number of hydrogen-bond acceptors (Lipinski definition) is 2. The summed E-state index contributed by atoms with van der Waals surface area (Å²) in [6, 6.07) is 0. The summed E-state index contributed by atoms with van der Waals surface area (Å²) in [5.74, 6) is 0.593. The van der Waals surface area contributed by atoms with Gasteiger partial charge in [0.1, 0.15) is 0 Å². The van der Waals surface area contributed by atoms with Gasteiger partial charge >= 0.3 is 5.97 Å². The number of quaternary nitrogens is 1. The number of likely N-dealkylation sites (N-methyl/N-ethyl adjacent to an activating group) is 1. The molecular weight excluding hydrogens is 178 g/mol. The van der Waals surface area contributed by atoms with Gasteiger partial charge in [-0.3, -0.25) is 0 Å². The van der Waals surface area contributed by atoms with Crippen molar-refractivity contribution >= 4 is 5.97 Å². The van der Waals surface area contributed by atoms with Crippen molar-refractivity contribution in [1.82, 2.24) is 0 Å². The van der Waals surface area contributed by atoms with Crippen LogP contribution in [0, 0.1) is 5.92 Å². The SMILES string of the molecule is CCOC(=O)C[N+](C)(C)CCC(C)C. The average molecular weight is 202 g/mol. The van der Waals surface area contributed by atoms with Crippen molar-refractivity contribution in [2.75, 3.05) is 33.8 Å². The van der Waals surface area contributed by atoms with E-state index in [1.165, 1.54) is 0 Å². The topological polar surface area (TPSA) is 26.3 Å². The van der Waals surface area contributed by atoms with Crippen LogP contribution in [-0.2, 0) is 9.53 Å². The largest absolute Gasteiger partial charge is 0.462 e. The fourth-order valence-corrected chi connectivity index (χ4v) is 1.24. The van der Waals surface area contributed by atoms with Crippen LogP contribution in [0.1, 0.15) is 27.2 Å². The average Bonchev–Trinajstić information content (AvgIpc) is 2.00. The Morgan fingerprint density at radius 2 is 1.93 bits per heavy atom. The van der Waals surface area contributed by atoms with Crippen LogP contribution < -0.4 is 0 Å². The van der Waals surface area contributed by atoms with Crippen molar-refractivity contribution in [3.8, 4) is 0 Å². The van der Waals surface area contributed by atoms with Gasteiger partial charge in [-0.25, -0.2) is 4.79 Å². The highest BCUT2D eigenvalue weighted by Crippen LogP contribution is 2.06. The zero-order valence-corrected chi connectivity index (χ0v) is 10.2. The molecule has 0 amide bonds. The van der Waals surface area contributed by atoms with Crippen LogP contribution in [0.15, 0.2) is 0 Å². The van der Waals surface area contributed by atoms with Crippen LogP contribution in [0.3, 0.4) is 0 Å². The lowest BCUT2D eigenvalue weighted by atomic mass is 10.1. The van der Waals surface area contributed by atoms with Crippen LogP contribution in [-0.4, -0.2) is 44.2 Å². The molecule has 0 spiro atoms. The molecule has 0 aliphatic heterocycles. The maximum Gasteiger partial charge on any atom is 0.361 e. The van der Waals surface area contributed by atoms with Crippen molar-refractivity contribution in [3.05, 3.63) is 0 Å². The first-order chi connectivity index (χ1) is 6.37. The van der Waals surface area contributed by atoms with Crippen molar-refractivity contribution < 1.29 is 14.0 Å². The van der Waals surface area contributed by atoms with Gasteiger partial charge in [-0.2, -0.15) is 0 Å². The molecule has 0 radical (unpaired) electrons. The summed E-state index contributed by atoms with van der Waals surface area (Å²) < 4.78 is 5.65. The van der Waals surface area contributed by atoms with Gasteiger partial charge in [0.2, 0.25) is 0 Å². The first-order valence-electron chi connectivity index (χ1n) is 5.35. The predicted octanol–water partition coefficient (Wildman–Crippen LogP) is 1.67. The molecule has 3 nitrogen and oxygen atoms in total. The summed E-state index contributed by atoms with van der Waals surface area (Å²) in [6.07, 6.45) is 1.15. The van der Waals surface area contributed by atoms with E-state index in [4.69, 9.17) is 4.74 Å².